The highest BCUT2D eigenvalue weighted by molar-refractivity contribution is 5.76. The lowest BCUT2D eigenvalue weighted by molar-refractivity contribution is -0.139. The van der Waals surface area contributed by atoms with Gasteiger partial charge in [-0.25, -0.2) is 9.97 Å². The lowest BCUT2D eigenvalue weighted by Crippen LogP contribution is -2.42. The molecular weight excluding hydrogens is 332 g/mol. The standard InChI is InChI=1S/C19H24N4O3/c24-18(6-5-15-4-3-12-25-15)23-11-13-26-17(14-23)16-7-8-20-19(21-16)22-9-1-2-10-22/h3-4,7-8,12,17H,1-2,5-6,9-11,13-14H2. The van der Waals surface area contributed by atoms with Gasteiger partial charge in [-0.1, -0.05) is 0 Å². The summed E-state index contributed by atoms with van der Waals surface area (Å²) >= 11 is 0. The quantitative estimate of drug-likeness (QED) is 0.818. The van der Waals surface area contributed by atoms with Crippen LogP contribution in [0.25, 0.3) is 0 Å². The number of aromatic nitrogens is 2. The van der Waals surface area contributed by atoms with Crippen LogP contribution in [-0.2, 0) is 16.0 Å². The number of anilines is 1. The predicted molar refractivity (Wildman–Crippen MR) is 95.8 cm³/mol. The number of hydrogen-bond acceptors (Lipinski definition) is 6. The van der Waals surface area contributed by atoms with Crippen LogP contribution in [0.5, 0.6) is 0 Å². The zero-order valence-corrected chi connectivity index (χ0v) is 14.8. The molecule has 1 amide bonds. The molecule has 2 saturated heterocycles. The van der Waals surface area contributed by atoms with Crippen molar-refractivity contribution in [3.8, 4) is 0 Å². The minimum Gasteiger partial charge on any atom is -0.469 e. The molecule has 2 aliphatic heterocycles. The highest BCUT2D eigenvalue weighted by Gasteiger charge is 2.27. The van der Waals surface area contributed by atoms with Crippen molar-refractivity contribution in [3.63, 3.8) is 0 Å². The van der Waals surface area contributed by atoms with Crippen LogP contribution in [0.3, 0.4) is 0 Å². The maximum Gasteiger partial charge on any atom is 0.225 e. The van der Waals surface area contributed by atoms with Crippen LogP contribution in [0.15, 0.2) is 35.1 Å². The molecule has 7 nitrogen and oxygen atoms in total. The van der Waals surface area contributed by atoms with Crippen molar-refractivity contribution in [1.82, 2.24) is 14.9 Å². The fourth-order valence-electron chi connectivity index (χ4n) is 3.51. The molecule has 0 aromatic carbocycles. The van der Waals surface area contributed by atoms with Gasteiger partial charge in [0.2, 0.25) is 11.9 Å². The van der Waals surface area contributed by atoms with E-state index in [0.717, 1.165) is 30.5 Å². The Balaban J connectivity index is 1.38. The van der Waals surface area contributed by atoms with Gasteiger partial charge in [0.15, 0.2) is 0 Å². The summed E-state index contributed by atoms with van der Waals surface area (Å²) in [7, 11) is 0. The lowest BCUT2D eigenvalue weighted by Gasteiger charge is -2.33. The Morgan fingerprint density at radius 3 is 2.92 bits per heavy atom. The highest BCUT2D eigenvalue weighted by Crippen LogP contribution is 2.23. The average Bonchev–Trinajstić information content (AvgIpc) is 3.40. The van der Waals surface area contributed by atoms with E-state index < -0.39 is 0 Å². The number of morpholine rings is 1. The Morgan fingerprint density at radius 1 is 1.23 bits per heavy atom. The van der Waals surface area contributed by atoms with Gasteiger partial charge in [0, 0.05) is 38.7 Å². The van der Waals surface area contributed by atoms with E-state index in [1.165, 1.54) is 12.8 Å². The number of carbonyl (C=O) groups is 1. The van der Waals surface area contributed by atoms with Crippen molar-refractivity contribution in [3.05, 3.63) is 42.1 Å². The molecule has 0 aliphatic carbocycles. The number of aryl methyl sites for hydroxylation is 1. The van der Waals surface area contributed by atoms with Crippen molar-refractivity contribution in [2.24, 2.45) is 0 Å². The summed E-state index contributed by atoms with van der Waals surface area (Å²) < 4.78 is 11.2. The molecule has 7 heteroatoms. The highest BCUT2D eigenvalue weighted by atomic mass is 16.5. The molecule has 2 fully saturated rings. The normalized spacial score (nSPS) is 20.5. The largest absolute Gasteiger partial charge is 0.469 e. The van der Waals surface area contributed by atoms with Gasteiger partial charge in [-0.15, -0.1) is 0 Å². The molecule has 4 heterocycles. The fraction of sp³-hybridized carbons (Fsp3) is 0.526. The third-order valence-corrected chi connectivity index (χ3v) is 4.97. The van der Waals surface area contributed by atoms with E-state index >= 15 is 0 Å². The van der Waals surface area contributed by atoms with Gasteiger partial charge >= 0.3 is 0 Å². The third kappa shape index (κ3) is 3.88. The van der Waals surface area contributed by atoms with Crippen molar-refractivity contribution in [2.45, 2.75) is 31.8 Å². The predicted octanol–water partition coefficient (Wildman–Crippen LogP) is 2.20. The van der Waals surface area contributed by atoms with Crippen molar-refractivity contribution in [2.75, 3.05) is 37.7 Å². The number of rotatable bonds is 5. The van der Waals surface area contributed by atoms with Crippen LogP contribution in [0.1, 0.15) is 36.8 Å². The number of amides is 1. The Hall–Kier alpha value is -2.41. The van der Waals surface area contributed by atoms with Gasteiger partial charge in [-0.3, -0.25) is 4.79 Å². The summed E-state index contributed by atoms with van der Waals surface area (Å²) in [5.74, 6) is 1.74. The summed E-state index contributed by atoms with van der Waals surface area (Å²) in [6, 6.07) is 5.63. The molecule has 26 heavy (non-hydrogen) atoms. The minimum absolute atomic E-state index is 0.128. The summed E-state index contributed by atoms with van der Waals surface area (Å²) in [6.07, 6.45) is 6.68. The van der Waals surface area contributed by atoms with Gasteiger partial charge < -0.3 is 19.0 Å². The second kappa shape index (κ2) is 7.86. The molecule has 4 rings (SSSR count). The number of furan rings is 1. The molecule has 1 unspecified atom stereocenters. The van der Waals surface area contributed by atoms with E-state index in [-0.39, 0.29) is 12.0 Å². The van der Waals surface area contributed by atoms with E-state index in [1.54, 1.807) is 12.5 Å². The molecule has 0 bridgehead atoms. The summed E-state index contributed by atoms with van der Waals surface area (Å²) in [5, 5.41) is 0. The smallest absolute Gasteiger partial charge is 0.225 e. The average molecular weight is 356 g/mol. The molecule has 0 radical (unpaired) electrons. The van der Waals surface area contributed by atoms with Crippen LogP contribution in [0, 0.1) is 0 Å². The zero-order valence-electron chi connectivity index (χ0n) is 14.8. The first-order chi connectivity index (χ1) is 12.8. The SMILES string of the molecule is O=C(CCc1ccco1)N1CCOC(c2ccnc(N3CCCC3)n2)C1. The van der Waals surface area contributed by atoms with E-state index in [2.05, 4.69) is 9.88 Å². The molecule has 2 aromatic heterocycles. The molecule has 0 N–H and O–H groups in total. The first-order valence-electron chi connectivity index (χ1n) is 9.29. The van der Waals surface area contributed by atoms with Gasteiger partial charge in [0.05, 0.1) is 25.1 Å². The lowest BCUT2D eigenvalue weighted by atomic mass is 10.1. The third-order valence-electron chi connectivity index (χ3n) is 4.97. The second-order valence-electron chi connectivity index (χ2n) is 6.75. The van der Waals surface area contributed by atoms with Crippen molar-refractivity contribution < 1.29 is 13.9 Å². The molecule has 0 saturated carbocycles. The Labute approximate surface area is 153 Å². The number of carbonyl (C=O) groups excluding carboxylic acids is 1. The minimum atomic E-state index is -0.194. The van der Waals surface area contributed by atoms with Gasteiger partial charge in [-0.2, -0.15) is 0 Å². The van der Waals surface area contributed by atoms with E-state index in [4.69, 9.17) is 14.1 Å². The van der Waals surface area contributed by atoms with Crippen LogP contribution in [0.4, 0.5) is 5.95 Å². The van der Waals surface area contributed by atoms with Crippen LogP contribution in [-0.4, -0.2) is 53.6 Å². The molecule has 2 aromatic rings. The van der Waals surface area contributed by atoms with Gasteiger partial charge in [0.25, 0.3) is 0 Å². The van der Waals surface area contributed by atoms with Crippen LogP contribution < -0.4 is 4.90 Å². The topological polar surface area (TPSA) is 71.7 Å². The van der Waals surface area contributed by atoms with Crippen LogP contribution >= 0.6 is 0 Å². The number of hydrogen-bond donors (Lipinski definition) is 0. The summed E-state index contributed by atoms with van der Waals surface area (Å²) in [4.78, 5) is 25.7. The first kappa shape index (κ1) is 17.0. The van der Waals surface area contributed by atoms with Crippen LogP contribution in [0.2, 0.25) is 0 Å². The Bertz CT molecular complexity index is 728. The number of ether oxygens (including phenoxy) is 1. The maximum atomic E-state index is 12.5. The van der Waals surface area contributed by atoms with E-state index in [9.17, 15) is 4.79 Å². The fourth-order valence-corrected chi connectivity index (χ4v) is 3.51. The van der Waals surface area contributed by atoms with Crippen molar-refractivity contribution >= 4 is 11.9 Å². The van der Waals surface area contributed by atoms with Gasteiger partial charge in [-0.05, 0) is 31.0 Å². The second-order valence-corrected chi connectivity index (χ2v) is 6.75. The van der Waals surface area contributed by atoms with Gasteiger partial charge in [0.1, 0.15) is 11.9 Å². The maximum absolute atomic E-state index is 12.5. The molecular formula is C19H24N4O3. The summed E-state index contributed by atoms with van der Waals surface area (Å²) in [6.45, 7) is 3.70. The van der Waals surface area contributed by atoms with E-state index in [0.29, 0.717) is 32.5 Å². The Kier molecular flexibility index (Phi) is 5.15. The Morgan fingerprint density at radius 2 is 2.12 bits per heavy atom. The molecule has 0 spiro atoms. The molecule has 138 valence electrons. The summed E-state index contributed by atoms with van der Waals surface area (Å²) in [5.41, 5.74) is 0.852. The zero-order chi connectivity index (χ0) is 17.8. The monoisotopic (exact) mass is 356 g/mol. The van der Waals surface area contributed by atoms with Crippen molar-refractivity contribution in [1.29, 1.82) is 0 Å². The number of nitrogens with zero attached hydrogens (tertiary/aromatic N) is 4. The molecule has 1 atom stereocenters. The van der Waals surface area contributed by atoms with E-state index in [1.807, 2.05) is 23.1 Å². The molecule has 2 aliphatic rings. The first-order valence-corrected chi connectivity index (χ1v) is 9.29.